The van der Waals surface area contributed by atoms with Crippen LogP contribution in [0, 0.1) is 5.82 Å². The van der Waals surface area contributed by atoms with Crippen LogP contribution in [0.25, 0.3) is 0 Å². The van der Waals surface area contributed by atoms with Gasteiger partial charge in [-0.15, -0.1) is 0 Å². The summed E-state index contributed by atoms with van der Waals surface area (Å²) in [5.41, 5.74) is 1.42. The first-order valence-corrected chi connectivity index (χ1v) is 6.66. The van der Waals surface area contributed by atoms with E-state index in [0.717, 1.165) is 5.56 Å². The summed E-state index contributed by atoms with van der Waals surface area (Å²) in [6.45, 7) is -0.0619. The number of benzene rings is 2. The second kappa shape index (κ2) is 6.38. The number of aliphatic hydroxyl groups excluding tert-OH is 1. The Morgan fingerprint density at radius 1 is 1.05 bits per heavy atom. The van der Waals surface area contributed by atoms with Crippen molar-refractivity contribution in [2.45, 2.75) is 12.3 Å². The molecule has 0 radical (unpaired) electrons. The van der Waals surface area contributed by atoms with Crippen molar-refractivity contribution < 1.29 is 9.50 Å². The predicted molar refractivity (Wildman–Crippen MR) is 76.4 cm³/mol. The van der Waals surface area contributed by atoms with E-state index in [1.54, 1.807) is 24.3 Å². The van der Waals surface area contributed by atoms with E-state index in [0.29, 0.717) is 17.0 Å². The fourth-order valence-electron chi connectivity index (χ4n) is 1.99. The van der Waals surface area contributed by atoms with Crippen molar-refractivity contribution in [1.82, 2.24) is 0 Å². The van der Waals surface area contributed by atoms with Crippen LogP contribution in [0.5, 0.6) is 0 Å². The molecule has 0 saturated heterocycles. The van der Waals surface area contributed by atoms with E-state index < -0.39 is 5.82 Å². The Morgan fingerprint density at radius 3 is 2.37 bits per heavy atom. The van der Waals surface area contributed by atoms with Gasteiger partial charge in [0.05, 0.1) is 11.6 Å². The minimum atomic E-state index is -0.420. The van der Waals surface area contributed by atoms with Gasteiger partial charge in [0.25, 0.3) is 0 Å². The van der Waals surface area contributed by atoms with Gasteiger partial charge in [-0.1, -0.05) is 47.5 Å². The van der Waals surface area contributed by atoms with Crippen molar-refractivity contribution in [2.24, 2.45) is 0 Å². The quantitative estimate of drug-likeness (QED) is 0.884. The van der Waals surface area contributed by atoms with Crippen LogP contribution in [0.4, 0.5) is 4.39 Å². The van der Waals surface area contributed by atoms with Crippen LogP contribution in [0.2, 0.25) is 10.0 Å². The van der Waals surface area contributed by atoms with E-state index in [1.165, 1.54) is 6.07 Å². The summed E-state index contributed by atoms with van der Waals surface area (Å²) in [5.74, 6) is -0.596. The van der Waals surface area contributed by atoms with E-state index in [2.05, 4.69) is 0 Å². The Hall–Kier alpha value is -1.09. The Labute approximate surface area is 121 Å². The third kappa shape index (κ3) is 3.47. The summed E-state index contributed by atoms with van der Waals surface area (Å²) >= 11 is 11.6. The molecule has 0 spiro atoms. The first kappa shape index (κ1) is 14.3. The third-order valence-electron chi connectivity index (χ3n) is 3.06. The molecule has 0 fully saturated rings. The lowest BCUT2D eigenvalue weighted by Crippen LogP contribution is -2.09. The standard InChI is InChI=1S/C15H13Cl2FO/c16-13-6-4-10(5-7-13)12(9-19)8-11-2-1-3-14(17)15(11)18/h1-7,12,19H,8-9H2. The lowest BCUT2D eigenvalue weighted by atomic mass is 9.92. The summed E-state index contributed by atoms with van der Waals surface area (Å²) in [5, 5.41) is 10.2. The smallest absolute Gasteiger partial charge is 0.144 e. The maximum atomic E-state index is 13.8. The highest BCUT2D eigenvalue weighted by atomic mass is 35.5. The van der Waals surface area contributed by atoms with Gasteiger partial charge in [-0.25, -0.2) is 4.39 Å². The Morgan fingerprint density at radius 2 is 1.74 bits per heavy atom. The van der Waals surface area contributed by atoms with Gasteiger partial charge in [0.15, 0.2) is 0 Å². The zero-order valence-corrected chi connectivity index (χ0v) is 11.6. The van der Waals surface area contributed by atoms with Crippen LogP contribution < -0.4 is 0 Å². The summed E-state index contributed by atoms with van der Waals surface area (Å²) in [6.07, 6.45) is 0.393. The first-order chi connectivity index (χ1) is 9.11. The zero-order chi connectivity index (χ0) is 13.8. The van der Waals surface area contributed by atoms with Gasteiger partial charge >= 0.3 is 0 Å². The van der Waals surface area contributed by atoms with E-state index in [1.807, 2.05) is 12.1 Å². The van der Waals surface area contributed by atoms with Crippen LogP contribution in [0.3, 0.4) is 0 Å². The minimum absolute atomic E-state index is 0.0619. The van der Waals surface area contributed by atoms with Crippen LogP contribution in [0.1, 0.15) is 17.0 Å². The number of hydrogen-bond donors (Lipinski definition) is 1. The largest absolute Gasteiger partial charge is 0.396 e. The molecule has 0 aromatic heterocycles. The summed E-state index contributed by atoms with van der Waals surface area (Å²) in [7, 11) is 0. The summed E-state index contributed by atoms with van der Waals surface area (Å²) in [6, 6.07) is 12.1. The normalized spacial score (nSPS) is 12.4. The molecule has 0 aliphatic carbocycles. The average Bonchev–Trinajstić information content (AvgIpc) is 2.42. The number of halogens is 3. The van der Waals surface area contributed by atoms with Gasteiger partial charge < -0.3 is 5.11 Å². The second-order valence-corrected chi connectivity index (χ2v) is 5.19. The van der Waals surface area contributed by atoms with Crippen LogP contribution >= 0.6 is 23.2 Å². The van der Waals surface area contributed by atoms with Crippen LogP contribution in [-0.2, 0) is 6.42 Å². The predicted octanol–water partition coefficient (Wildman–Crippen LogP) is 4.45. The number of rotatable bonds is 4. The van der Waals surface area contributed by atoms with Crippen molar-refractivity contribution in [3.05, 3.63) is 69.5 Å². The van der Waals surface area contributed by atoms with Gasteiger partial charge in [-0.2, -0.15) is 0 Å². The molecule has 2 aromatic rings. The average molecular weight is 299 g/mol. The molecule has 4 heteroatoms. The molecular weight excluding hydrogens is 286 g/mol. The van der Waals surface area contributed by atoms with Gasteiger partial charge in [0.2, 0.25) is 0 Å². The van der Waals surface area contributed by atoms with Gasteiger partial charge in [-0.05, 0) is 35.7 Å². The van der Waals surface area contributed by atoms with E-state index >= 15 is 0 Å². The van der Waals surface area contributed by atoms with Crippen LogP contribution in [0.15, 0.2) is 42.5 Å². The molecule has 1 nitrogen and oxygen atoms in total. The third-order valence-corrected chi connectivity index (χ3v) is 3.60. The van der Waals surface area contributed by atoms with E-state index in [4.69, 9.17) is 23.2 Å². The minimum Gasteiger partial charge on any atom is -0.396 e. The molecule has 19 heavy (non-hydrogen) atoms. The van der Waals surface area contributed by atoms with Crippen molar-refractivity contribution in [1.29, 1.82) is 0 Å². The molecule has 0 saturated carbocycles. The molecular formula is C15H13Cl2FO. The maximum absolute atomic E-state index is 13.8. The Bertz CT molecular complexity index is 555. The SMILES string of the molecule is OCC(Cc1cccc(Cl)c1F)c1ccc(Cl)cc1. The van der Waals surface area contributed by atoms with Crippen molar-refractivity contribution in [3.8, 4) is 0 Å². The monoisotopic (exact) mass is 298 g/mol. The number of aliphatic hydroxyl groups is 1. The van der Waals surface area contributed by atoms with E-state index in [-0.39, 0.29) is 17.5 Å². The fourth-order valence-corrected chi connectivity index (χ4v) is 2.31. The molecule has 100 valence electrons. The topological polar surface area (TPSA) is 20.2 Å². The summed E-state index contributed by atoms with van der Waals surface area (Å²) in [4.78, 5) is 0. The van der Waals surface area contributed by atoms with Crippen molar-refractivity contribution >= 4 is 23.2 Å². The molecule has 0 bridgehead atoms. The fraction of sp³-hybridized carbons (Fsp3) is 0.200. The Balaban J connectivity index is 2.24. The second-order valence-electron chi connectivity index (χ2n) is 4.35. The first-order valence-electron chi connectivity index (χ1n) is 5.91. The number of hydrogen-bond acceptors (Lipinski definition) is 1. The van der Waals surface area contributed by atoms with Crippen molar-refractivity contribution in [2.75, 3.05) is 6.61 Å². The molecule has 1 unspecified atom stereocenters. The maximum Gasteiger partial charge on any atom is 0.144 e. The summed E-state index contributed by atoms with van der Waals surface area (Å²) < 4.78 is 13.8. The highest BCUT2D eigenvalue weighted by Crippen LogP contribution is 2.26. The van der Waals surface area contributed by atoms with Gasteiger partial charge in [-0.3, -0.25) is 0 Å². The van der Waals surface area contributed by atoms with Crippen molar-refractivity contribution in [3.63, 3.8) is 0 Å². The molecule has 0 amide bonds. The van der Waals surface area contributed by atoms with Gasteiger partial charge in [0, 0.05) is 10.9 Å². The molecule has 0 heterocycles. The lowest BCUT2D eigenvalue weighted by molar-refractivity contribution is 0.263. The molecule has 2 aromatic carbocycles. The van der Waals surface area contributed by atoms with E-state index in [9.17, 15) is 9.50 Å². The van der Waals surface area contributed by atoms with Crippen LogP contribution in [-0.4, -0.2) is 11.7 Å². The lowest BCUT2D eigenvalue weighted by Gasteiger charge is -2.15. The zero-order valence-electron chi connectivity index (χ0n) is 10.1. The molecule has 2 rings (SSSR count). The highest BCUT2D eigenvalue weighted by Gasteiger charge is 2.15. The molecule has 0 aliphatic rings. The molecule has 1 atom stereocenters. The van der Waals surface area contributed by atoms with Gasteiger partial charge in [0.1, 0.15) is 5.82 Å². The highest BCUT2D eigenvalue weighted by molar-refractivity contribution is 6.31. The molecule has 1 N–H and O–H groups in total. The Kier molecular flexibility index (Phi) is 4.81. The molecule has 0 aliphatic heterocycles.